The summed E-state index contributed by atoms with van der Waals surface area (Å²) < 4.78 is 0. The molecule has 1 nitrogen and oxygen atoms in total. The van der Waals surface area contributed by atoms with E-state index in [2.05, 4.69) is 40.0 Å². The van der Waals surface area contributed by atoms with Gasteiger partial charge in [-0.25, -0.2) is 0 Å². The highest BCUT2D eigenvalue weighted by molar-refractivity contribution is 5.28. The second-order valence-corrected chi connectivity index (χ2v) is 2.54. The molecule has 0 heterocycles. The molecule has 0 saturated heterocycles. The summed E-state index contributed by atoms with van der Waals surface area (Å²) in [5, 5.41) is 0. The van der Waals surface area contributed by atoms with Gasteiger partial charge in [0.05, 0.1) is 0 Å². The van der Waals surface area contributed by atoms with E-state index in [0.717, 1.165) is 6.42 Å². The van der Waals surface area contributed by atoms with Crippen molar-refractivity contribution in [2.75, 3.05) is 7.05 Å². The van der Waals surface area contributed by atoms with E-state index >= 15 is 0 Å². The predicted octanol–water partition coefficient (Wildman–Crippen LogP) is 2.88. The number of hydrogen-bond acceptors (Lipinski definition) is 1. The molecule has 0 bridgehead atoms. The fraction of sp³-hybridized carbons (Fsp3) is 0.600. The fourth-order valence-corrected chi connectivity index (χ4v) is 0.629. The van der Waals surface area contributed by atoms with Crippen LogP contribution in [0.3, 0.4) is 0 Å². The molecule has 66 valence electrons. The van der Waals surface area contributed by atoms with Gasteiger partial charge in [-0.2, -0.15) is 0 Å². The molecule has 0 aromatic rings. The van der Waals surface area contributed by atoms with E-state index in [1.54, 1.807) is 0 Å². The molecule has 2 N–H and O–H groups in total. The Hall–Kier alpha value is -0.560. The lowest BCUT2D eigenvalue weighted by atomic mass is 10.0. The van der Waals surface area contributed by atoms with Gasteiger partial charge in [0.25, 0.3) is 0 Å². The van der Waals surface area contributed by atoms with Crippen molar-refractivity contribution in [1.82, 2.24) is 0 Å². The number of nitrogens with two attached hydrogens (primary N) is 1. The summed E-state index contributed by atoms with van der Waals surface area (Å²) in [5.74, 6) is 0. The molecule has 0 aliphatic heterocycles. The largest absolute Gasteiger partial charge is 0.333 e. The predicted molar refractivity (Wildman–Crippen MR) is 53.6 cm³/mol. The van der Waals surface area contributed by atoms with Gasteiger partial charge in [-0.15, -0.1) is 0 Å². The van der Waals surface area contributed by atoms with Crippen LogP contribution in [0.25, 0.3) is 0 Å². The first kappa shape index (κ1) is 13.1. The van der Waals surface area contributed by atoms with Crippen LogP contribution < -0.4 is 5.73 Å². The van der Waals surface area contributed by atoms with Gasteiger partial charge in [0.1, 0.15) is 0 Å². The zero-order valence-electron chi connectivity index (χ0n) is 8.49. The molecule has 0 aliphatic rings. The fourth-order valence-electron chi connectivity index (χ4n) is 0.629. The SMILES string of the molecule is C=C(C)/C(C)=C(\C)CC.CN. The highest BCUT2D eigenvalue weighted by atomic mass is 14.4. The second kappa shape index (κ2) is 7.55. The smallest absolute Gasteiger partial charge is 0.0195 e. The van der Waals surface area contributed by atoms with Crippen LogP contribution in [-0.4, -0.2) is 7.05 Å². The molecule has 0 rings (SSSR count). The Morgan fingerprint density at radius 2 is 1.55 bits per heavy atom. The minimum Gasteiger partial charge on any atom is -0.333 e. The summed E-state index contributed by atoms with van der Waals surface area (Å²) in [5.41, 5.74) is 8.49. The van der Waals surface area contributed by atoms with Crippen molar-refractivity contribution in [3.63, 3.8) is 0 Å². The Balaban J connectivity index is 0. The van der Waals surface area contributed by atoms with E-state index < -0.39 is 0 Å². The molecular weight excluding hydrogens is 134 g/mol. The Morgan fingerprint density at radius 3 is 1.64 bits per heavy atom. The average molecular weight is 155 g/mol. The van der Waals surface area contributed by atoms with Crippen LogP contribution in [0.15, 0.2) is 23.3 Å². The van der Waals surface area contributed by atoms with Crippen LogP contribution in [0.1, 0.15) is 34.1 Å². The molecule has 0 unspecified atom stereocenters. The molecule has 0 spiro atoms. The first-order chi connectivity index (χ1) is 5.09. The van der Waals surface area contributed by atoms with Crippen molar-refractivity contribution in [3.05, 3.63) is 23.3 Å². The van der Waals surface area contributed by atoms with Gasteiger partial charge in [0, 0.05) is 0 Å². The van der Waals surface area contributed by atoms with Gasteiger partial charge in [-0.05, 0) is 39.8 Å². The normalized spacial score (nSPS) is 11.1. The Kier molecular flexibility index (Phi) is 8.96. The quantitative estimate of drug-likeness (QED) is 0.610. The van der Waals surface area contributed by atoms with E-state index in [0.29, 0.717) is 0 Å². The van der Waals surface area contributed by atoms with Crippen molar-refractivity contribution in [2.24, 2.45) is 5.73 Å². The Morgan fingerprint density at radius 1 is 1.18 bits per heavy atom. The molecule has 0 aliphatic carbocycles. The lowest BCUT2D eigenvalue weighted by molar-refractivity contribution is 1.06. The highest BCUT2D eigenvalue weighted by Gasteiger charge is 1.92. The van der Waals surface area contributed by atoms with Gasteiger partial charge in [0.15, 0.2) is 0 Å². The molecule has 0 aromatic heterocycles. The average Bonchev–Trinajstić information content (AvgIpc) is 2.05. The van der Waals surface area contributed by atoms with Crippen LogP contribution in [0.2, 0.25) is 0 Å². The lowest BCUT2D eigenvalue weighted by Gasteiger charge is -2.02. The van der Waals surface area contributed by atoms with Gasteiger partial charge in [-0.3, -0.25) is 0 Å². The van der Waals surface area contributed by atoms with Gasteiger partial charge < -0.3 is 5.73 Å². The van der Waals surface area contributed by atoms with Gasteiger partial charge >= 0.3 is 0 Å². The molecule has 0 amide bonds. The molecule has 0 atom stereocenters. The Bertz CT molecular complexity index is 143. The van der Waals surface area contributed by atoms with Gasteiger partial charge in [0.2, 0.25) is 0 Å². The third-order valence-corrected chi connectivity index (χ3v) is 1.81. The van der Waals surface area contributed by atoms with E-state index in [9.17, 15) is 0 Å². The zero-order valence-corrected chi connectivity index (χ0v) is 8.49. The van der Waals surface area contributed by atoms with Crippen molar-refractivity contribution in [3.8, 4) is 0 Å². The molecule has 0 radical (unpaired) electrons. The van der Waals surface area contributed by atoms with Gasteiger partial charge in [-0.1, -0.05) is 24.6 Å². The molecule has 0 aromatic carbocycles. The summed E-state index contributed by atoms with van der Waals surface area (Å²) in [6.07, 6.45) is 1.14. The summed E-state index contributed by atoms with van der Waals surface area (Å²) in [6.45, 7) is 12.4. The summed E-state index contributed by atoms with van der Waals surface area (Å²) in [4.78, 5) is 0. The van der Waals surface area contributed by atoms with E-state index in [4.69, 9.17) is 0 Å². The first-order valence-electron chi connectivity index (χ1n) is 3.99. The third kappa shape index (κ3) is 5.86. The minimum atomic E-state index is 1.14. The number of rotatable bonds is 2. The monoisotopic (exact) mass is 155 g/mol. The van der Waals surface area contributed by atoms with Crippen LogP contribution in [0.4, 0.5) is 0 Å². The second-order valence-electron chi connectivity index (χ2n) is 2.54. The van der Waals surface area contributed by atoms with E-state index in [-0.39, 0.29) is 0 Å². The maximum absolute atomic E-state index is 4.50. The minimum absolute atomic E-state index is 1.14. The lowest BCUT2D eigenvalue weighted by Crippen LogP contribution is -1.82. The maximum atomic E-state index is 4.50. The van der Waals surface area contributed by atoms with Crippen molar-refractivity contribution in [2.45, 2.75) is 34.1 Å². The molecule has 0 saturated carbocycles. The van der Waals surface area contributed by atoms with E-state index in [1.165, 1.54) is 23.8 Å². The topological polar surface area (TPSA) is 26.0 Å². The Labute approximate surface area is 71.0 Å². The highest BCUT2D eigenvalue weighted by Crippen LogP contribution is 2.13. The van der Waals surface area contributed by atoms with E-state index in [1.807, 2.05) is 0 Å². The zero-order chi connectivity index (χ0) is 9.44. The molecule has 11 heavy (non-hydrogen) atoms. The third-order valence-electron chi connectivity index (χ3n) is 1.81. The van der Waals surface area contributed by atoms with Crippen LogP contribution in [0, 0.1) is 0 Å². The summed E-state index contributed by atoms with van der Waals surface area (Å²) in [6, 6.07) is 0. The number of allylic oxidation sites excluding steroid dienone is 3. The molecule has 1 heteroatoms. The maximum Gasteiger partial charge on any atom is -0.0195 e. The van der Waals surface area contributed by atoms with Crippen LogP contribution in [-0.2, 0) is 0 Å². The van der Waals surface area contributed by atoms with Crippen molar-refractivity contribution < 1.29 is 0 Å². The molecule has 0 fully saturated rings. The summed E-state index contributed by atoms with van der Waals surface area (Å²) >= 11 is 0. The number of hydrogen-bond donors (Lipinski definition) is 1. The molecular formula is C10H21N. The standard InChI is InChI=1S/C9H16.CH5N/c1-6-8(4)9(5)7(2)3;1-2/h2,6H2,1,3-5H3;2H2,1H3/b9-8+;. The summed E-state index contributed by atoms with van der Waals surface area (Å²) in [7, 11) is 1.50. The first-order valence-corrected chi connectivity index (χ1v) is 3.99. The van der Waals surface area contributed by atoms with Crippen LogP contribution in [0.5, 0.6) is 0 Å². The van der Waals surface area contributed by atoms with Crippen LogP contribution >= 0.6 is 0 Å². The van der Waals surface area contributed by atoms with Crippen molar-refractivity contribution in [1.29, 1.82) is 0 Å². The van der Waals surface area contributed by atoms with Crippen molar-refractivity contribution >= 4 is 0 Å².